The zero-order valence-corrected chi connectivity index (χ0v) is 41.7. The number of hydrogen-bond acceptors (Lipinski definition) is 7. The molecule has 10 heteroatoms. The highest BCUT2D eigenvalue weighted by Gasteiger charge is 2.25. The van der Waals surface area contributed by atoms with E-state index >= 15 is 0 Å². The van der Waals surface area contributed by atoms with Crippen LogP contribution in [0.5, 0.6) is 0 Å². The third kappa shape index (κ3) is 9.16. The van der Waals surface area contributed by atoms with Crippen molar-refractivity contribution in [3.05, 3.63) is 127 Å². The lowest BCUT2D eigenvalue weighted by atomic mass is 9.90. The van der Waals surface area contributed by atoms with E-state index < -0.39 is 4.92 Å². The molecule has 6 aromatic carbocycles. The molecule has 0 amide bonds. The summed E-state index contributed by atoms with van der Waals surface area (Å²) in [5, 5.41) is 18.3. The minimum absolute atomic E-state index is 0.146. The van der Waals surface area contributed by atoms with Crippen molar-refractivity contribution in [3.63, 3.8) is 0 Å². The lowest BCUT2D eigenvalue weighted by molar-refractivity contribution is -0.383. The summed E-state index contributed by atoms with van der Waals surface area (Å²) < 4.78 is 3.18. The van der Waals surface area contributed by atoms with E-state index in [9.17, 15) is 19.7 Å². The second kappa shape index (κ2) is 21.4. The summed E-state index contributed by atoms with van der Waals surface area (Å²) in [6.07, 6.45) is 23.9. The van der Waals surface area contributed by atoms with Crippen molar-refractivity contribution in [1.82, 2.24) is 18.8 Å². The van der Waals surface area contributed by atoms with Gasteiger partial charge in [0, 0.05) is 62.4 Å². The number of hydrogen-bond donors (Lipinski definition) is 1. The van der Waals surface area contributed by atoms with Crippen molar-refractivity contribution in [2.24, 2.45) is 0 Å². The number of unbranched alkanes of at least 4 members (excludes halogenated alkanes) is 18. The van der Waals surface area contributed by atoms with Gasteiger partial charge in [0.25, 0.3) is 16.8 Å². The molecule has 0 atom stereocenters. The van der Waals surface area contributed by atoms with Crippen LogP contribution in [0.25, 0.3) is 87.6 Å². The van der Waals surface area contributed by atoms with Crippen molar-refractivity contribution < 1.29 is 4.92 Å². The van der Waals surface area contributed by atoms with Gasteiger partial charge in [0.2, 0.25) is 0 Å². The number of benzene rings is 6. The first kappa shape index (κ1) is 48.1. The molecule has 4 heterocycles. The topological polar surface area (TPSA) is 138 Å². The average Bonchev–Trinajstić information content (AvgIpc) is 3.98. The molecule has 10 aromatic rings. The van der Waals surface area contributed by atoms with E-state index in [0.717, 1.165) is 63.9 Å². The van der Waals surface area contributed by atoms with Crippen molar-refractivity contribution in [1.29, 1.82) is 0 Å². The number of nitrogen functional groups attached to an aromatic ring is 1. The standard InChI is InChI=1S/C62H62N6O4/c1-3-5-7-9-11-13-15-17-19-21-23-27-41-37-51(63)57-52(38-41)66-59(64-57)47-31-25-29-45-44(34-36-50(55(45)47)62(66)70)43-33-35-48-56-46(43)30-26-32-49(56)61(69)67-53-39-42(40-54(68(71)72)58(53)65-60(48)67)28-24-22-20-18-16-14-12-10-8-6-4-2/h25-26,29-40H,3-22,63H2,1-2H3. The maximum absolute atomic E-state index is 14.7. The van der Waals surface area contributed by atoms with Gasteiger partial charge in [0.1, 0.15) is 16.8 Å². The third-order valence-electron chi connectivity index (χ3n) is 14.7. The first-order valence-electron chi connectivity index (χ1n) is 26.5. The minimum atomic E-state index is -0.442. The molecule has 0 aliphatic heterocycles. The lowest BCUT2D eigenvalue weighted by Crippen LogP contribution is -2.14. The van der Waals surface area contributed by atoms with Crippen LogP contribution in [0.2, 0.25) is 0 Å². The van der Waals surface area contributed by atoms with Gasteiger partial charge in [-0.2, -0.15) is 0 Å². The van der Waals surface area contributed by atoms with Crippen LogP contribution in [0.3, 0.4) is 0 Å². The Hall–Kier alpha value is -7.56. The molecule has 0 radical (unpaired) electrons. The zero-order valence-electron chi connectivity index (χ0n) is 41.7. The molecule has 0 aliphatic carbocycles. The van der Waals surface area contributed by atoms with Crippen molar-refractivity contribution >= 4 is 87.8 Å². The molecule has 72 heavy (non-hydrogen) atoms. The Morgan fingerprint density at radius 2 is 0.931 bits per heavy atom. The highest BCUT2D eigenvalue weighted by molar-refractivity contribution is 6.24. The molecule has 0 saturated heterocycles. The van der Waals surface area contributed by atoms with Gasteiger partial charge in [0.05, 0.1) is 21.6 Å². The van der Waals surface area contributed by atoms with Crippen molar-refractivity contribution in [2.45, 2.75) is 142 Å². The molecular formula is C62H62N6O4. The molecule has 0 fully saturated rings. The number of pyridine rings is 2. The second-order valence-corrected chi connectivity index (χ2v) is 19.7. The van der Waals surface area contributed by atoms with E-state index in [1.807, 2.05) is 66.7 Å². The molecule has 0 aliphatic rings. The SMILES string of the molecule is CCCCCCCCCCCC#Cc1cc(N)c2nc3c4cccc5c(-c6ccc7c8c6cccc8c(=O)n6c8cc(C#CCCCCCCCCCCC)cc([N+](=O)[O-])c8nc76)ccc(c(=O)n3c2c1)c54. The van der Waals surface area contributed by atoms with E-state index in [2.05, 4.69) is 37.5 Å². The summed E-state index contributed by atoms with van der Waals surface area (Å²) in [6.45, 7) is 4.48. The first-order valence-corrected chi connectivity index (χ1v) is 26.5. The summed E-state index contributed by atoms with van der Waals surface area (Å²) in [4.78, 5) is 51.3. The number of imidazole rings is 2. The van der Waals surface area contributed by atoms with Crippen LogP contribution in [0.4, 0.5) is 11.4 Å². The number of aromatic nitrogens is 4. The normalized spacial score (nSPS) is 11.8. The molecule has 0 spiro atoms. The van der Waals surface area contributed by atoms with Gasteiger partial charge in [-0.1, -0.05) is 183 Å². The van der Waals surface area contributed by atoms with E-state index in [1.165, 1.54) is 107 Å². The first-order chi connectivity index (χ1) is 35.3. The molecule has 0 saturated carbocycles. The van der Waals surface area contributed by atoms with Crippen LogP contribution in [-0.2, 0) is 0 Å². The number of non-ortho nitro benzene ring substituents is 1. The van der Waals surface area contributed by atoms with Crippen LogP contribution < -0.4 is 16.9 Å². The maximum Gasteiger partial charge on any atom is 0.298 e. The van der Waals surface area contributed by atoms with E-state index in [0.29, 0.717) is 67.1 Å². The summed E-state index contributed by atoms with van der Waals surface area (Å²) in [5.74, 6) is 13.0. The summed E-state index contributed by atoms with van der Waals surface area (Å²) >= 11 is 0. The van der Waals surface area contributed by atoms with Crippen LogP contribution in [0.15, 0.2) is 94.5 Å². The Morgan fingerprint density at radius 1 is 0.514 bits per heavy atom. The third-order valence-corrected chi connectivity index (χ3v) is 14.7. The zero-order chi connectivity index (χ0) is 49.7. The van der Waals surface area contributed by atoms with Crippen molar-refractivity contribution in [2.75, 3.05) is 5.73 Å². The smallest absolute Gasteiger partial charge is 0.298 e. The van der Waals surface area contributed by atoms with Crippen LogP contribution in [-0.4, -0.2) is 23.7 Å². The van der Waals surface area contributed by atoms with E-state index in [1.54, 1.807) is 16.5 Å². The molecule has 0 unspecified atom stereocenters. The van der Waals surface area contributed by atoms with Crippen LogP contribution >= 0.6 is 0 Å². The highest BCUT2D eigenvalue weighted by atomic mass is 16.6. The van der Waals surface area contributed by atoms with Gasteiger partial charge in [-0.3, -0.25) is 28.5 Å². The molecule has 10 rings (SSSR count). The van der Waals surface area contributed by atoms with Crippen LogP contribution in [0.1, 0.15) is 153 Å². The minimum Gasteiger partial charge on any atom is -0.397 e. The lowest BCUT2D eigenvalue weighted by Gasteiger charge is -2.15. The Balaban J connectivity index is 0.978. The second-order valence-electron chi connectivity index (χ2n) is 19.7. The molecule has 4 aromatic heterocycles. The van der Waals surface area contributed by atoms with Gasteiger partial charge in [-0.15, -0.1) is 0 Å². The molecule has 364 valence electrons. The van der Waals surface area contributed by atoms with Crippen LogP contribution in [0, 0.1) is 33.8 Å². The summed E-state index contributed by atoms with van der Waals surface area (Å²) in [6, 6.07) is 26.5. The Bertz CT molecular complexity index is 3920. The average molecular weight is 955 g/mol. The quantitative estimate of drug-likeness (QED) is 0.0264. The fourth-order valence-corrected chi connectivity index (χ4v) is 11.0. The number of nitro benzene ring substituents is 1. The molecule has 10 nitrogen and oxygen atoms in total. The van der Waals surface area contributed by atoms with Gasteiger partial charge < -0.3 is 5.73 Å². The number of nitrogens with zero attached hydrogens (tertiary/aromatic N) is 5. The molecule has 0 bridgehead atoms. The maximum atomic E-state index is 14.7. The number of rotatable bonds is 20. The van der Waals surface area contributed by atoms with Gasteiger partial charge in [-0.05, 0) is 71.1 Å². The summed E-state index contributed by atoms with van der Waals surface area (Å²) in [5.41, 5.74) is 12.0. The summed E-state index contributed by atoms with van der Waals surface area (Å²) in [7, 11) is 0. The molecular weight excluding hydrogens is 893 g/mol. The number of nitrogens with two attached hydrogens (primary N) is 1. The monoisotopic (exact) mass is 954 g/mol. The Kier molecular flexibility index (Phi) is 14.3. The van der Waals surface area contributed by atoms with E-state index in [-0.39, 0.29) is 22.3 Å². The number of nitro groups is 1. The van der Waals surface area contributed by atoms with Gasteiger partial charge in [0.15, 0.2) is 5.52 Å². The predicted octanol–water partition coefficient (Wildman–Crippen LogP) is 15.2. The fourth-order valence-electron chi connectivity index (χ4n) is 11.0. The Labute approximate surface area is 419 Å². The highest BCUT2D eigenvalue weighted by Crippen LogP contribution is 2.42. The van der Waals surface area contributed by atoms with Gasteiger partial charge in [-0.25, -0.2) is 9.97 Å². The largest absolute Gasteiger partial charge is 0.397 e. The van der Waals surface area contributed by atoms with Gasteiger partial charge >= 0.3 is 0 Å². The Morgan fingerprint density at radius 3 is 1.46 bits per heavy atom. The fraction of sp³-hybridized carbons (Fsp3) is 0.355. The van der Waals surface area contributed by atoms with E-state index in [4.69, 9.17) is 15.7 Å². The predicted molar refractivity (Wildman–Crippen MR) is 298 cm³/mol. The van der Waals surface area contributed by atoms with Crippen molar-refractivity contribution in [3.8, 4) is 34.8 Å². The number of anilines is 1. The number of fused-ring (bicyclic) bond motifs is 8. The molecule has 2 N–H and O–H groups in total.